The maximum atomic E-state index is 13.2. The predicted octanol–water partition coefficient (Wildman–Crippen LogP) is 0.792. The monoisotopic (exact) mass is 649 g/mol. The molecule has 1 heterocycles. The summed E-state index contributed by atoms with van der Waals surface area (Å²) in [5.41, 5.74) is 12.2. The largest absolute Gasteiger partial charge is 0.445 e. The molecule has 0 saturated carbocycles. The van der Waals surface area contributed by atoms with E-state index >= 15 is 0 Å². The van der Waals surface area contributed by atoms with Gasteiger partial charge in [0.2, 0.25) is 29.5 Å². The summed E-state index contributed by atoms with van der Waals surface area (Å²) < 4.78 is 5.10. The summed E-state index contributed by atoms with van der Waals surface area (Å²) in [5, 5.41) is 10.3. The van der Waals surface area contributed by atoms with E-state index < -0.39 is 35.2 Å². The second kappa shape index (κ2) is 19.6. The van der Waals surface area contributed by atoms with Gasteiger partial charge < -0.3 is 37.5 Å². The van der Waals surface area contributed by atoms with Crippen LogP contribution in [0.25, 0.3) is 0 Å². The Morgan fingerprint density at radius 2 is 1.69 bits per heavy atom. The average Bonchev–Trinajstić information content (AvgIpc) is 3.25. The topological polar surface area (TPSA) is 215 Å². The SMILES string of the molecule is CC(C)C(NC(=O)CCCCCN1C(=O)CC(S)C1=O)C(=O)N[C@@H](CCCN)C(=O)Nc1ccc(COC(=O)NCCN)cc1. The van der Waals surface area contributed by atoms with E-state index in [0.717, 1.165) is 0 Å². The van der Waals surface area contributed by atoms with Gasteiger partial charge in [0, 0.05) is 38.2 Å². The Labute approximate surface area is 269 Å². The highest BCUT2D eigenvalue weighted by Crippen LogP contribution is 2.19. The lowest BCUT2D eigenvalue weighted by Gasteiger charge is -2.25. The van der Waals surface area contributed by atoms with Crippen molar-refractivity contribution in [1.29, 1.82) is 0 Å². The number of unbranched alkanes of at least 4 members (excludes halogenated alkanes) is 2. The van der Waals surface area contributed by atoms with Crippen molar-refractivity contribution in [1.82, 2.24) is 20.9 Å². The lowest BCUT2D eigenvalue weighted by molar-refractivity contribution is -0.138. The highest BCUT2D eigenvalue weighted by molar-refractivity contribution is 7.81. The fourth-order valence-corrected chi connectivity index (χ4v) is 4.85. The highest BCUT2D eigenvalue weighted by Gasteiger charge is 2.35. The molecule has 1 fully saturated rings. The fourth-order valence-electron chi connectivity index (χ4n) is 4.55. The van der Waals surface area contributed by atoms with Crippen LogP contribution < -0.4 is 32.7 Å². The molecular weight excluding hydrogens is 602 g/mol. The van der Waals surface area contributed by atoms with E-state index in [9.17, 15) is 28.8 Å². The minimum Gasteiger partial charge on any atom is -0.445 e. The van der Waals surface area contributed by atoms with Gasteiger partial charge in [-0.05, 0) is 55.8 Å². The molecule has 14 nitrogen and oxygen atoms in total. The van der Waals surface area contributed by atoms with Gasteiger partial charge in [-0.2, -0.15) is 12.6 Å². The average molecular weight is 650 g/mol. The number of anilines is 1. The van der Waals surface area contributed by atoms with Crippen molar-refractivity contribution >= 4 is 53.9 Å². The van der Waals surface area contributed by atoms with Gasteiger partial charge in [-0.1, -0.05) is 32.4 Å². The molecule has 0 spiro atoms. The second-order valence-electron chi connectivity index (χ2n) is 11.2. The Morgan fingerprint density at radius 1 is 0.978 bits per heavy atom. The number of benzene rings is 1. The first kappa shape index (κ1) is 37.5. The maximum absolute atomic E-state index is 13.2. The van der Waals surface area contributed by atoms with Gasteiger partial charge in [-0.15, -0.1) is 0 Å². The van der Waals surface area contributed by atoms with Crippen molar-refractivity contribution in [3.63, 3.8) is 0 Å². The number of nitrogens with one attached hydrogen (secondary N) is 4. The number of nitrogens with two attached hydrogens (primary N) is 2. The smallest absolute Gasteiger partial charge is 0.407 e. The molecule has 15 heteroatoms. The van der Waals surface area contributed by atoms with Gasteiger partial charge in [0.1, 0.15) is 18.7 Å². The van der Waals surface area contributed by atoms with Crippen molar-refractivity contribution in [2.75, 3.05) is 31.5 Å². The predicted molar refractivity (Wildman–Crippen MR) is 172 cm³/mol. The van der Waals surface area contributed by atoms with E-state index in [-0.39, 0.29) is 43.1 Å². The molecule has 0 aliphatic carbocycles. The van der Waals surface area contributed by atoms with Crippen LogP contribution in [0.4, 0.5) is 10.5 Å². The lowest BCUT2D eigenvalue weighted by atomic mass is 10.0. The number of likely N-dealkylation sites (tertiary alicyclic amines) is 1. The molecule has 6 amide bonds. The molecular formula is C30H47N7O7S. The maximum Gasteiger partial charge on any atom is 0.407 e. The molecule has 250 valence electrons. The van der Waals surface area contributed by atoms with Crippen molar-refractivity contribution < 1.29 is 33.5 Å². The first-order valence-corrected chi connectivity index (χ1v) is 15.8. The number of hydrogen-bond acceptors (Lipinski definition) is 10. The van der Waals surface area contributed by atoms with Crippen LogP contribution in [-0.4, -0.2) is 84.0 Å². The Bertz CT molecular complexity index is 1170. The molecule has 0 aromatic heterocycles. The third-order valence-electron chi connectivity index (χ3n) is 7.11. The standard InChI is InChI=1S/C30H47N7O7S/c1-19(2)26(36-24(38)8-4-3-5-16-37-25(39)17-23(45)29(37)42)28(41)35-22(7-6-13-31)27(40)34-21-11-9-20(10-12-21)18-44-30(43)33-15-14-32/h9-12,19,22-23,26,45H,3-8,13-18,31-32H2,1-2H3,(H,33,43)(H,34,40)(H,35,41)(H,36,38)/t22-,23?,26?/m0/s1. The number of rotatable bonds is 19. The van der Waals surface area contributed by atoms with E-state index in [0.29, 0.717) is 69.5 Å². The Hall–Kier alpha value is -3.69. The zero-order chi connectivity index (χ0) is 33.4. The zero-order valence-corrected chi connectivity index (χ0v) is 26.9. The molecule has 1 aromatic rings. The summed E-state index contributed by atoms with van der Waals surface area (Å²) in [4.78, 5) is 75.7. The van der Waals surface area contributed by atoms with Gasteiger partial charge in [0.15, 0.2) is 0 Å². The summed E-state index contributed by atoms with van der Waals surface area (Å²) in [6, 6.07) is 4.97. The number of carbonyl (C=O) groups excluding carboxylic acids is 6. The number of ether oxygens (including phenoxy) is 1. The van der Waals surface area contributed by atoms with Gasteiger partial charge in [-0.3, -0.25) is 28.9 Å². The third kappa shape index (κ3) is 13.1. The normalized spacial score (nSPS) is 15.9. The molecule has 0 radical (unpaired) electrons. The summed E-state index contributed by atoms with van der Waals surface area (Å²) in [6.45, 7) is 4.87. The van der Waals surface area contributed by atoms with Crippen LogP contribution in [0, 0.1) is 5.92 Å². The molecule has 2 unspecified atom stereocenters. The number of imide groups is 1. The first-order chi connectivity index (χ1) is 21.5. The zero-order valence-electron chi connectivity index (χ0n) is 26.0. The van der Waals surface area contributed by atoms with E-state index in [4.69, 9.17) is 16.2 Å². The van der Waals surface area contributed by atoms with Crippen LogP contribution >= 0.6 is 12.6 Å². The molecule has 3 atom stereocenters. The molecule has 1 aromatic carbocycles. The minimum atomic E-state index is -0.888. The summed E-state index contributed by atoms with van der Waals surface area (Å²) in [7, 11) is 0. The van der Waals surface area contributed by atoms with Crippen LogP contribution in [0.3, 0.4) is 0 Å². The lowest BCUT2D eigenvalue weighted by Crippen LogP contribution is -2.54. The van der Waals surface area contributed by atoms with Gasteiger partial charge >= 0.3 is 6.09 Å². The Kier molecular flexibility index (Phi) is 16.4. The molecule has 2 rings (SSSR count). The number of nitrogens with zero attached hydrogens (tertiary/aromatic N) is 1. The molecule has 1 saturated heterocycles. The van der Waals surface area contributed by atoms with E-state index in [1.165, 1.54) is 4.90 Å². The van der Waals surface area contributed by atoms with Crippen molar-refractivity contribution in [3.05, 3.63) is 29.8 Å². The van der Waals surface area contributed by atoms with E-state index in [1.54, 1.807) is 38.1 Å². The van der Waals surface area contributed by atoms with Crippen LogP contribution in [0.1, 0.15) is 64.4 Å². The van der Waals surface area contributed by atoms with Crippen LogP contribution in [0.2, 0.25) is 0 Å². The van der Waals surface area contributed by atoms with Crippen LogP contribution in [0.5, 0.6) is 0 Å². The fraction of sp³-hybridized carbons (Fsp3) is 0.600. The van der Waals surface area contributed by atoms with E-state index in [2.05, 4.69) is 33.9 Å². The second-order valence-corrected chi connectivity index (χ2v) is 11.8. The molecule has 1 aliphatic heterocycles. The highest BCUT2D eigenvalue weighted by atomic mass is 32.1. The van der Waals surface area contributed by atoms with Gasteiger partial charge in [-0.25, -0.2) is 4.79 Å². The summed E-state index contributed by atoms with van der Waals surface area (Å²) in [5.74, 6) is -1.99. The number of carbonyl (C=O) groups is 6. The molecule has 8 N–H and O–H groups in total. The van der Waals surface area contributed by atoms with Gasteiger partial charge in [0.05, 0.1) is 5.25 Å². The number of amides is 6. The van der Waals surface area contributed by atoms with E-state index in [1.807, 2.05) is 0 Å². The number of thiol groups is 1. The van der Waals surface area contributed by atoms with Crippen molar-refractivity contribution in [2.45, 2.75) is 82.7 Å². The van der Waals surface area contributed by atoms with Gasteiger partial charge in [0.25, 0.3) is 0 Å². The number of hydrogen-bond donors (Lipinski definition) is 7. The minimum absolute atomic E-state index is 0.0412. The quantitative estimate of drug-likeness (QED) is 0.0640. The third-order valence-corrected chi connectivity index (χ3v) is 7.51. The number of alkyl carbamates (subject to hydrolysis) is 1. The molecule has 0 bridgehead atoms. The van der Waals surface area contributed by atoms with Crippen molar-refractivity contribution in [2.24, 2.45) is 17.4 Å². The Morgan fingerprint density at radius 3 is 2.29 bits per heavy atom. The first-order valence-electron chi connectivity index (χ1n) is 15.3. The van der Waals surface area contributed by atoms with Crippen molar-refractivity contribution in [3.8, 4) is 0 Å². The van der Waals surface area contributed by atoms with Crippen LogP contribution in [0.15, 0.2) is 24.3 Å². The van der Waals surface area contributed by atoms with Crippen LogP contribution in [-0.2, 0) is 35.3 Å². The summed E-state index contributed by atoms with van der Waals surface area (Å²) >= 11 is 4.11. The molecule has 45 heavy (non-hydrogen) atoms. The Balaban J connectivity index is 1.86. The molecule has 1 aliphatic rings. The summed E-state index contributed by atoms with van der Waals surface area (Å²) in [6.07, 6.45) is 2.20.